The average molecular weight is 419 g/mol. The Morgan fingerprint density at radius 1 is 1.22 bits per heavy atom. The number of carbonyl (C=O) groups is 2. The van der Waals surface area contributed by atoms with Gasteiger partial charge in [0.15, 0.2) is 6.29 Å². The first kappa shape index (κ1) is 15.7. The lowest BCUT2D eigenvalue weighted by Gasteiger charge is -2.06. The van der Waals surface area contributed by atoms with E-state index >= 15 is 0 Å². The molecule has 0 aliphatic rings. The zero-order valence-corrected chi connectivity index (χ0v) is 14.6. The monoisotopic (exact) mass is 419 g/mol. The van der Waals surface area contributed by atoms with Crippen LogP contribution in [0.3, 0.4) is 0 Å². The Balaban J connectivity index is 2.37. The maximum absolute atomic E-state index is 12.5. The van der Waals surface area contributed by atoms with Gasteiger partial charge in [0.1, 0.15) is 0 Å². The van der Waals surface area contributed by atoms with Gasteiger partial charge >= 0.3 is 5.97 Å². The Kier molecular flexibility index (Phi) is 4.47. The van der Waals surface area contributed by atoms with E-state index in [1.807, 2.05) is 42.5 Å². The second-order valence-corrected chi connectivity index (χ2v) is 6.18. The third kappa shape index (κ3) is 2.76. The summed E-state index contributed by atoms with van der Waals surface area (Å²) >= 11 is 2.22. The van der Waals surface area contributed by atoms with Crippen LogP contribution >= 0.6 is 22.6 Å². The summed E-state index contributed by atoms with van der Waals surface area (Å²) in [5.74, 6) is -0.419. The van der Waals surface area contributed by atoms with Crippen molar-refractivity contribution in [3.63, 3.8) is 0 Å². The number of nitrogens with zero attached hydrogens (tertiary/aromatic N) is 1. The van der Waals surface area contributed by atoms with Gasteiger partial charge < -0.3 is 9.14 Å². The fraction of sp³-hybridized carbons (Fsp3) is 0.111. The second-order valence-electron chi connectivity index (χ2n) is 4.94. The van der Waals surface area contributed by atoms with Crippen molar-refractivity contribution in [3.8, 4) is 11.1 Å². The Labute approximate surface area is 147 Å². The number of esters is 1. The molecule has 0 aliphatic heterocycles. The number of hydrogen-bond donors (Lipinski definition) is 0. The molecule has 2 aromatic heterocycles. The highest BCUT2D eigenvalue weighted by molar-refractivity contribution is 14.1. The van der Waals surface area contributed by atoms with Gasteiger partial charge in [0.05, 0.1) is 23.4 Å². The number of carbonyl (C=O) groups excluding carboxylic acids is 2. The van der Waals surface area contributed by atoms with Crippen molar-refractivity contribution in [2.45, 2.75) is 6.92 Å². The van der Waals surface area contributed by atoms with Crippen LogP contribution in [0, 0.1) is 3.57 Å². The molecule has 0 amide bonds. The number of halogens is 1. The van der Waals surface area contributed by atoms with Gasteiger partial charge in [0.25, 0.3) is 0 Å². The summed E-state index contributed by atoms with van der Waals surface area (Å²) in [5.41, 5.74) is 2.97. The number of benzene rings is 1. The minimum atomic E-state index is -0.419. The summed E-state index contributed by atoms with van der Waals surface area (Å²) < 4.78 is 8.02. The van der Waals surface area contributed by atoms with E-state index in [9.17, 15) is 9.59 Å². The molecule has 0 saturated carbocycles. The summed E-state index contributed by atoms with van der Waals surface area (Å²) in [4.78, 5) is 24.2. The summed E-state index contributed by atoms with van der Waals surface area (Å²) in [5, 5.41) is 0. The maximum Gasteiger partial charge on any atom is 0.340 e. The average Bonchev–Trinajstić information content (AvgIpc) is 2.90. The summed E-state index contributed by atoms with van der Waals surface area (Å²) in [6.45, 7) is 2.05. The molecule has 0 saturated heterocycles. The molecular formula is C18H14INO3. The van der Waals surface area contributed by atoms with E-state index in [0.717, 1.165) is 15.4 Å². The van der Waals surface area contributed by atoms with Crippen LogP contribution in [0.25, 0.3) is 16.6 Å². The first-order valence-electron chi connectivity index (χ1n) is 7.18. The van der Waals surface area contributed by atoms with Gasteiger partial charge in [0, 0.05) is 15.3 Å². The number of aldehydes is 1. The molecule has 116 valence electrons. The first-order valence-corrected chi connectivity index (χ1v) is 8.26. The van der Waals surface area contributed by atoms with Crippen LogP contribution in [-0.4, -0.2) is 23.3 Å². The number of rotatable bonds is 4. The molecule has 0 unspecified atom stereocenters. The van der Waals surface area contributed by atoms with E-state index in [0.29, 0.717) is 22.3 Å². The van der Waals surface area contributed by atoms with Crippen molar-refractivity contribution >= 4 is 40.4 Å². The predicted octanol–water partition coefficient (Wildman–Crippen LogP) is 4.20. The van der Waals surface area contributed by atoms with Crippen molar-refractivity contribution in [2.75, 3.05) is 6.61 Å². The van der Waals surface area contributed by atoms with Crippen LogP contribution in [0.2, 0.25) is 0 Å². The molecule has 5 heteroatoms. The molecule has 0 N–H and O–H groups in total. The van der Waals surface area contributed by atoms with Crippen molar-refractivity contribution in [3.05, 3.63) is 63.5 Å². The van der Waals surface area contributed by atoms with Gasteiger partial charge in [-0.25, -0.2) is 4.79 Å². The van der Waals surface area contributed by atoms with E-state index in [-0.39, 0.29) is 6.61 Å². The lowest BCUT2D eigenvalue weighted by molar-refractivity contribution is 0.0529. The van der Waals surface area contributed by atoms with Gasteiger partial charge in [-0.2, -0.15) is 0 Å². The van der Waals surface area contributed by atoms with Crippen molar-refractivity contribution in [1.82, 2.24) is 4.40 Å². The number of ether oxygens (including phenoxy) is 1. The van der Waals surface area contributed by atoms with Gasteiger partial charge in [-0.05, 0) is 59.3 Å². The zero-order valence-electron chi connectivity index (χ0n) is 12.5. The van der Waals surface area contributed by atoms with Crippen LogP contribution in [0.4, 0.5) is 0 Å². The van der Waals surface area contributed by atoms with Crippen molar-refractivity contribution < 1.29 is 14.3 Å². The molecule has 0 radical (unpaired) electrons. The molecule has 0 spiro atoms. The smallest absolute Gasteiger partial charge is 0.340 e. The molecule has 0 atom stereocenters. The van der Waals surface area contributed by atoms with Crippen molar-refractivity contribution in [1.29, 1.82) is 0 Å². The maximum atomic E-state index is 12.5. The predicted molar refractivity (Wildman–Crippen MR) is 96.9 cm³/mol. The van der Waals surface area contributed by atoms with Gasteiger partial charge in [-0.3, -0.25) is 4.79 Å². The molecule has 1 aromatic carbocycles. The van der Waals surface area contributed by atoms with Crippen LogP contribution in [0.15, 0.2) is 48.7 Å². The molecule has 0 aliphatic carbocycles. The van der Waals surface area contributed by atoms with E-state index in [1.54, 1.807) is 17.5 Å². The van der Waals surface area contributed by atoms with Gasteiger partial charge in [-0.1, -0.05) is 18.2 Å². The lowest BCUT2D eigenvalue weighted by atomic mass is 10.0. The molecule has 0 fully saturated rings. The lowest BCUT2D eigenvalue weighted by Crippen LogP contribution is -2.05. The fourth-order valence-corrected chi connectivity index (χ4v) is 3.03. The molecule has 23 heavy (non-hydrogen) atoms. The normalized spacial score (nSPS) is 10.7. The van der Waals surface area contributed by atoms with Crippen molar-refractivity contribution in [2.24, 2.45) is 0 Å². The van der Waals surface area contributed by atoms with Gasteiger partial charge in [0.2, 0.25) is 0 Å². The molecule has 3 rings (SSSR count). The highest BCUT2D eigenvalue weighted by Gasteiger charge is 2.24. The Bertz CT molecular complexity index is 881. The standard InChI is InChI=1S/C18H14INO3/c1-2-23-18(22)17-14-5-3-4-10-20(14)15(11-21)16(17)12-6-8-13(19)9-7-12/h3-11H,2H2,1H3. The van der Waals surface area contributed by atoms with Crippen LogP contribution in [0.1, 0.15) is 27.8 Å². The quantitative estimate of drug-likeness (QED) is 0.362. The Morgan fingerprint density at radius 2 is 1.96 bits per heavy atom. The summed E-state index contributed by atoms with van der Waals surface area (Å²) in [7, 11) is 0. The van der Waals surface area contributed by atoms with Crippen LogP contribution in [0.5, 0.6) is 0 Å². The number of fused-ring (bicyclic) bond motifs is 1. The SMILES string of the molecule is CCOC(=O)c1c(-c2ccc(I)cc2)c(C=O)n2ccccc12. The first-order chi connectivity index (χ1) is 11.2. The Morgan fingerprint density at radius 3 is 2.61 bits per heavy atom. The summed E-state index contributed by atoms with van der Waals surface area (Å²) in [6.07, 6.45) is 2.56. The number of pyridine rings is 1. The van der Waals surface area contributed by atoms with E-state index in [2.05, 4.69) is 22.6 Å². The fourth-order valence-electron chi connectivity index (χ4n) is 2.67. The summed E-state index contributed by atoms with van der Waals surface area (Å²) in [6, 6.07) is 13.2. The highest BCUT2D eigenvalue weighted by Crippen LogP contribution is 2.33. The third-order valence-electron chi connectivity index (χ3n) is 3.61. The van der Waals surface area contributed by atoms with Gasteiger partial charge in [-0.15, -0.1) is 0 Å². The zero-order chi connectivity index (χ0) is 16.4. The minimum absolute atomic E-state index is 0.283. The van der Waals surface area contributed by atoms with E-state index in [4.69, 9.17) is 4.74 Å². The molecule has 4 nitrogen and oxygen atoms in total. The third-order valence-corrected chi connectivity index (χ3v) is 4.32. The molecule has 3 aromatic rings. The topological polar surface area (TPSA) is 47.8 Å². The minimum Gasteiger partial charge on any atom is -0.462 e. The Hall–Kier alpha value is -2.15. The highest BCUT2D eigenvalue weighted by atomic mass is 127. The number of hydrogen-bond acceptors (Lipinski definition) is 3. The molecule has 2 heterocycles. The van der Waals surface area contributed by atoms with Crippen LogP contribution < -0.4 is 0 Å². The molecular weight excluding hydrogens is 405 g/mol. The van der Waals surface area contributed by atoms with Crippen LogP contribution in [-0.2, 0) is 4.74 Å². The second kappa shape index (κ2) is 6.54. The number of aromatic nitrogens is 1. The molecule has 0 bridgehead atoms. The van der Waals surface area contributed by atoms with E-state index < -0.39 is 5.97 Å². The van der Waals surface area contributed by atoms with E-state index in [1.165, 1.54) is 0 Å². The largest absolute Gasteiger partial charge is 0.462 e.